The quantitative estimate of drug-likeness (QED) is 0.0267. The lowest BCUT2D eigenvalue weighted by Crippen LogP contribution is -1.87. The van der Waals surface area contributed by atoms with Crippen LogP contribution in [0.4, 0.5) is 0 Å². The van der Waals surface area contributed by atoms with Gasteiger partial charge in [0, 0.05) is 50.1 Å². The second kappa shape index (κ2) is 34.5. The number of fused-ring (bicyclic) bond motifs is 1. The Balaban J connectivity index is 0.00000247. The number of hydrogen-bond acceptors (Lipinski definition) is 9. The second-order valence-corrected chi connectivity index (χ2v) is 23.9. The first-order chi connectivity index (χ1) is 36.4. The molecular formula is C65H86N2S7. The molecule has 2 nitrogen and oxygen atoms in total. The summed E-state index contributed by atoms with van der Waals surface area (Å²) in [6.07, 6.45) is 42.5. The van der Waals surface area contributed by atoms with Gasteiger partial charge in [-0.2, -0.15) is 34.0 Å². The monoisotopic (exact) mass is 1120 g/mol. The van der Waals surface area contributed by atoms with Crippen molar-refractivity contribution in [2.45, 2.75) is 176 Å². The Morgan fingerprint density at radius 2 is 0.905 bits per heavy atom. The molecule has 0 atom stereocenters. The summed E-state index contributed by atoms with van der Waals surface area (Å²) in [4.78, 5) is 11.1. The summed E-state index contributed by atoms with van der Waals surface area (Å²) in [5.74, 6) is 0. The van der Waals surface area contributed by atoms with Crippen molar-refractivity contribution in [3.05, 3.63) is 134 Å². The van der Waals surface area contributed by atoms with E-state index >= 15 is 0 Å². The number of thiophene rings is 4. The van der Waals surface area contributed by atoms with Gasteiger partial charge in [0.2, 0.25) is 0 Å². The van der Waals surface area contributed by atoms with E-state index in [1.54, 1.807) is 12.5 Å². The van der Waals surface area contributed by atoms with Crippen LogP contribution in [-0.2, 0) is 32.1 Å². The number of rotatable bonds is 30. The largest absolute Gasteiger partial charge is 0.183 e. The molecule has 398 valence electrons. The average Bonchev–Trinajstić information content (AvgIpc) is 4.31. The predicted octanol–water partition coefficient (Wildman–Crippen LogP) is 23.1. The molecule has 0 spiro atoms. The highest BCUT2D eigenvalue weighted by Gasteiger charge is 2.23. The minimum Gasteiger partial charge on any atom is -0.183 e. The lowest BCUT2D eigenvalue weighted by atomic mass is 10.0. The van der Waals surface area contributed by atoms with Gasteiger partial charge in [-0.1, -0.05) is 179 Å². The van der Waals surface area contributed by atoms with E-state index < -0.39 is 0 Å². The van der Waals surface area contributed by atoms with E-state index in [1.807, 2.05) is 51.4 Å². The minimum absolute atomic E-state index is 1.03. The van der Waals surface area contributed by atoms with E-state index in [1.165, 1.54) is 198 Å². The summed E-state index contributed by atoms with van der Waals surface area (Å²) in [7, 11) is 0. The number of aryl methyl sites for hydroxylation is 5. The molecule has 7 aromatic rings. The molecular weight excluding hydrogens is 1030 g/mol. The van der Waals surface area contributed by atoms with Crippen LogP contribution in [0.5, 0.6) is 0 Å². The zero-order valence-electron chi connectivity index (χ0n) is 46.1. The van der Waals surface area contributed by atoms with Crippen molar-refractivity contribution in [3.63, 3.8) is 0 Å². The van der Waals surface area contributed by atoms with E-state index in [2.05, 4.69) is 164 Å². The van der Waals surface area contributed by atoms with Crippen LogP contribution in [0.1, 0.15) is 187 Å². The molecule has 0 fully saturated rings. The molecule has 0 unspecified atom stereocenters. The van der Waals surface area contributed by atoms with Crippen LogP contribution in [0.3, 0.4) is 0 Å². The first kappa shape index (κ1) is 61.6. The van der Waals surface area contributed by atoms with Gasteiger partial charge in [-0.15, -0.1) is 45.3 Å². The number of thiol groups is 2. The van der Waals surface area contributed by atoms with Gasteiger partial charge in [-0.05, 0) is 153 Å². The molecule has 2 aromatic carbocycles. The Labute approximate surface area is 479 Å². The highest BCUT2D eigenvalue weighted by Crippen LogP contribution is 2.48. The van der Waals surface area contributed by atoms with E-state index in [4.69, 9.17) is 8.75 Å². The Hall–Kier alpha value is -3.28. The number of allylic oxidation sites excluding steroid dienone is 4. The molecule has 0 amide bonds. The smallest absolute Gasteiger partial charge is 0.114 e. The fourth-order valence-corrected chi connectivity index (χ4v) is 15.0. The Kier molecular flexibility index (Phi) is 28.7. The van der Waals surface area contributed by atoms with Crippen molar-refractivity contribution >= 4 is 112 Å². The van der Waals surface area contributed by atoms with Crippen molar-refractivity contribution in [3.8, 4) is 40.4 Å². The maximum Gasteiger partial charge on any atom is 0.114 e. The van der Waals surface area contributed by atoms with Gasteiger partial charge in [0.15, 0.2) is 0 Å². The normalized spacial score (nSPS) is 11.7. The van der Waals surface area contributed by atoms with Gasteiger partial charge in [0.1, 0.15) is 11.0 Å². The Bertz CT molecular complexity index is 2800. The SMILES string of the molecule is C=CC(/C=C/c1sc(-c2sc(-c3ccc(-c4cc(CCCCCC)c(-c5cc(CCCCCC)c(/C=C/c6ccc(CC)cc6)s5)s4)c4nsnc34)cc2CCCCCC)cc1CCCCCC)=C\C.CS.CS. The molecule has 74 heavy (non-hydrogen) atoms. The van der Waals surface area contributed by atoms with E-state index in [9.17, 15) is 0 Å². The Morgan fingerprint density at radius 3 is 1.31 bits per heavy atom. The lowest BCUT2D eigenvalue weighted by Gasteiger charge is -2.03. The third-order valence-corrected chi connectivity index (χ3v) is 19.3. The van der Waals surface area contributed by atoms with E-state index in [0.717, 1.165) is 48.7 Å². The minimum atomic E-state index is 1.03. The van der Waals surface area contributed by atoms with Crippen LogP contribution >= 0.6 is 82.3 Å². The molecule has 7 rings (SSSR count). The van der Waals surface area contributed by atoms with Crippen LogP contribution in [-0.4, -0.2) is 21.3 Å². The van der Waals surface area contributed by atoms with Crippen LogP contribution in [0.25, 0.3) is 69.7 Å². The van der Waals surface area contributed by atoms with E-state index in [0.29, 0.717) is 0 Å². The summed E-state index contributed by atoms with van der Waals surface area (Å²) in [5.41, 5.74) is 14.2. The number of aromatic nitrogens is 2. The molecule has 0 saturated heterocycles. The maximum atomic E-state index is 5.09. The van der Waals surface area contributed by atoms with Crippen LogP contribution in [0.15, 0.2) is 91.0 Å². The molecule has 5 heterocycles. The second-order valence-electron chi connectivity index (χ2n) is 19.0. The Morgan fingerprint density at radius 1 is 0.486 bits per heavy atom. The average molecular weight is 1120 g/mol. The van der Waals surface area contributed by atoms with Crippen LogP contribution in [0.2, 0.25) is 0 Å². The van der Waals surface area contributed by atoms with Gasteiger partial charge in [-0.25, -0.2) is 0 Å². The standard InChI is InChI=1S/C63H78N2S5.2CH4S/c1-8-15-19-23-27-48-41-58(66-54(48)39-35-45(12-5)13-6)62-50(29-25-21-17-10-3)43-56(68-62)52-37-38-53(61-60(52)64-70-65-61)57-44-51(30-26-22-18-11-4)63(69-57)59-42-49(28-24-20-16-9-2)55(67-59)40-36-47-33-31-46(14-7)32-34-47;2*1-2/h12-13,31-44H,5,8-11,14-30H2,1-4,6-7H3;2*2H,1H3/b39-35+,40-36+,45-13+;;. The van der Waals surface area contributed by atoms with Crippen molar-refractivity contribution in [1.82, 2.24) is 8.75 Å². The lowest BCUT2D eigenvalue weighted by molar-refractivity contribution is 0.667. The fraction of sp³-hybridized carbons (Fsp3) is 0.446. The summed E-state index contributed by atoms with van der Waals surface area (Å²) >= 11 is 16.3. The van der Waals surface area contributed by atoms with Gasteiger partial charge in [0.25, 0.3) is 0 Å². The first-order valence-electron chi connectivity index (χ1n) is 27.8. The molecule has 0 aliphatic heterocycles. The zero-order chi connectivity index (χ0) is 53.1. The molecule has 0 bridgehead atoms. The molecule has 0 saturated carbocycles. The number of unbranched alkanes of at least 4 members (excludes halogenated alkanes) is 12. The predicted molar refractivity (Wildman–Crippen MR) is 350 cm³/mol. The van der Waals surface area contributed by atoms with Crippen molar-refractivity contribution in [2.24, 2.45) is 0 Å². The number of nitrogens with zero attached hydrogens (tertiary/aromatic N) is 2. The van der Waals surface area contributed by atoms with E-state index in [-0.39, 0.29) is 0 Å². The summed E-state index contributed by atoms with van der Waals surface area (Å²) in [5, 5.41) is 0. The molecule has 0 aliphatic carbocycles. The van der Waals surface area contributed by atoms with Gasteiger partial charge in [0.05, 0.1) is 11.7 Å². The number of hydrogen-bond donors (Lipinski definition) is 2. The van der Waals surface area contributed by atoms with Crippen molar-refractivity contribution in [1.29, 1.82) is 0 Å². The maximum absolute atomic E-state index is 5.09. The molecule has 0 aliphatic rings. The molecule has 0 radical (unpaired) electrons. The van der Waals surface area contributed by atoms with Gasteiger partial charge in [-0.3, -0.25) is 0 Å². The summed E-state index contributed by atoms with van der Waals surface area (Å²) in [6, 6.07) is 23.9. The third-order valence-electron chi connectivity index (χ3n) is 13.7. The third kappa shape index (κ3) is 17.6. The topological polar surface area (TPSA) is 25.8 Å². The highest BCUT2D eigenvalue weighted by molar-refractivity contribution is 7.79. The van der Waals surface area contributed by atoms with Crippen LogP contribution < -0.4 is 0 Å². The molecule has 5 aromatic heterocycles. The molecule has 9 heteroatoms. The number of benzene rings is 2. The molecule has 0 N–H and O–H groups in total. The van der Waals surface area contributed by atoms with Gasteiger partial charge >= 0.3 is 0 Å². The van der Waals surface area contributed by atoms with Crippen LogP contribution in [0, 0.1) is 0 Å². The summed E-state index contributed by atoms with van der Waals surface area (Å²) < 4.78 is 10.2. The summed E-state index contributed by atoms with van der Waals surface area (Å²) in [6.45, 7) is 17.6. The zero-order valence-corrected chi connectivity index (χ0v) is 52.0. The van der Waals surface area contributed by atoms with Crippen molar-refractivity contribution < 1.29 is 0 Å². The fourth-order valence-electron chi connectivity index (χ4n) is 9.42. The first-order valence-corrected chi connectivity index (χ1v) is 33.6. The van der Waals surface area contributed by atoms with Crippen molar-refractivity contribution in [2.75, 3.05) is 12.5 Å². The van der Waals surface area contributed by atoms with Gasteiger partial charge < -0.3 is 0 Å². The highest BCUT2D eigenvalue weighted by atomic mass is 32.1.